The lowest BCUT2D eigenvalue weighted by atomic mass is 9.87. The van der Waals surface area contributed by atoms with Crippen molar-refractivity contribution in [3.63, 3.8) is 0 Å². The maximum absolute atomic E-state index is 9.41. The zero-order valence-corrected chi connectivity index (χ0v) is 13.2. The van der Waals surface area contributed by atoms with Crippen molar-refractivity contribution in [1.82, 2.24) is 0 Å². The summed E-state index contributed by atoms with van der Waals surface area (Å²) in [6.45, 7) is 0. The molecule has 0 saturated heterocycles. The second-order valence-electron chi connectivity index (χ2n) is 6.48. The van der Waals surface area contributed by atoms with E-state index in [1.807, 2.05) is 12.1 Å². The Hall–Kier alpha value is -3.11. The molecule has 1 heteroatoms. The molecular weight excluding hydrogens is 290 g/mol. The van der Waals surface area contributed by atoms with Crippen molar-refractivity contribution >= 4 is 21.5 Å². The molecular formula is C23H15N. The molecule has 0 aromatic heterocycles. The Bertz CT molecular complexity index is 1140. The highest BCUT2D eigenvalue weighted by Crippen LogP contribution is 2.43. The number of fused-ring (bicyclic) bond motifs is 1. The molecule has 0 aliphatic heterocycles. The van der Waals surface area contributed by atoms with Gasteiger partial charge in [-0.1, -0.05) is 66.7 Å². The fourth-order valence-corrected chi connectivity index (χ4v) is 4.24. The van der Waals surface area contributed by atoms with Gasteiger partial charge in [-0.15, -0.1) is 0 Å². The van der Waals surface area contributed by atoms with Gasteiger partial charge in [0.2, 0.25) is 0 Å². The molecule has 1 atom stereocenters. The van der Waals surface area contributed by atoms with Crippen LogP contribution in [0.25, 0.3) is 21.5 Å². The van der Waals surface area contributed by atoms with E-state index in [2.05, 4.69) is 66.7 Å². The molecule has 4 aromatic rings. The predicted molar refractivity (Wildman–Crippen MR) is 98.2 cm³/mol. The summed E-state index contributed by atoms with van der Waals surface area (Å²) in [5, 5.41) is 14.4. The second kappa shape index (κ2) is 4.94. The average molecular weight is 305 g/mol. The molecule has 0 N–H and O–H groups in total. The first kappa shape index (κ1) is 13.3. The highest BCUT2D eigenvalue weighted by atomic mass is 14.3. The normalized spacial score (nSPS) is 15.7. The Balaban J connectivity index is 1.80. The molecule has 1 aliphatic rings. The van der Waals surface area contributed by atoms with Gasteiger partial charge in [0.25, 0.3) is 0 Å². The molecule has 0 spiro atoms. The minimum Gasteiger partial charge on any atom is -0.192 e. The van der Waals surface area contributed by atoms with Crippen LogP contribution in [0.5, 0.6) is 0 Å². The zero-order chi connectivity index (χ0) is 16.1. The van der Waals surface area contributed by atoms with Gasteiger partial charge >= 0.3 is 0 Å². The van der Waals surface area contributed by atoms with Crippen LogP contribution in [0, 0.1) is 11.3 Å². The molecule has 112 valence electrons. The van der Waals surface area contributed by atoms with Crippen LogP contribution < -0.4 is 0 Å². The fourth-order valence-electron chi connectivity index (χ4n) is 4.24. The predicted octanol–water partition coefficient (Wildman–Crippen LogP) is 5.55. The van der Waals surface area contributed by atoms with E-state index in [1.54, 1.807) is 0 Å². The minimum atomic E-state index is 0.365. The lowest BCUT2D eigenvalue weighted by Gasteiger charge is -2.16. The monoisotopic (exact) mass is 305 g/mol. The third-order valence-electron chi connectivity index (χ3n) is 5.28. The molecule has 0 amide bonds. The van der Waals surface area contributed by atoms with Crippen molar-refractivity contribution in [3.8, 4) is 6.07 Å². The average Bonchev–Trinajstić information content (AvgIpc) is 3.02. The molecule has 1 aliphatic carbocycles. The van der Waals surface area contributed by atoms with Crippen molar-refractivity contribution in [2.75, 3.05) is 0 Å². The Labute approximate surface area is 140 Å². The fraction of sp³-hybridized carbons (Fsp3) is 0.0870. The molecule has 0 saturated carbocycles. The SMILES string of the molecule is N#Cc1ccc(C2Cc3cccc4cccc2c34)c2ccccc12. The Morgan fingerprint density at radius 1 is 0.750 bits per heavy atom. The molecule has 5 rings (SSSR count). The van der Waals surface area contributed by atoms with Gasteiger partial charge < -0.3 is 0 Å². The van der Waals surface area contributed by atoms with Crippen LogP contribution in [0.2, 0.25) is 0 Å². The summed E-state index contributed by atoms with van der Waals surface area (Å²) in [4.78, 5) is 0. The van der Waals surface area contributed by atoms with E-state index >= 15 is 0 Å². The first-order valence-corrected chi connectivity index (χ1v) is 8.29. The van der Waals surface area contributed by atoms with Gasteiger partial charge in [-0.05, 0) is 50.7 Å². The summed E-state index contributed by atoms with van der Waals surface area (Å²) >= 11 is 0. The molecule has 24 heavy (non-hydrogen) atoms. The minimum absolute atomic E-state index is 0.365. The summed E-state index contributed by atoms with van der Waals surface area (Å²) < 4.78 is 0. The summed E-state index contributed by atoms with van der Waals surface area (Å²) in [7, 11) is 0. The van der Waals surface area contributed by atoms with Gasteiger partial charge in [0, 0.05) is 5.92 Å². The summed E-state index contributed by atoms with van der Waals surface area (Å²) in [5.74, 6) is 0.365. The maximum atomic E-state index is 9.41. The molecule has 0 heterocycles. The molecule has 1 unspecified atom stereocenters. The highest BCUT2D eigenvalue weighted by molar-refractivity contribution is 5.95. The number of hydrogen-bond donors (Lipinski definition) is 0. The maximum Gasteiger partial charge on any atom is 0.0998 e. The molecule has 1 nitrogen and oxygen atoms in total. The van der Waals surface area contributed by atoms with Crippen LogP contribution in [0.4, 0.5) is 0 Å². The Kier molecular flexibility index (Phi) is 2.75. The van der Waals surface area contributed by atoms with Crippen LogP contribution in [-0.4, -0.2) is 0 Å². The quantitative estimate of drug-likeness (QED) is 0.452. The lowest BCUT2D eigenvalue weighted by Crippen LogP contribution is -2.00. The van der Waals surface area contributed by atoms with E-state index in [4.69, 9.17) is 0 Å². The standard InChI is InChI=1S/C23H15N/c24-14-17-11-12-20(19-9-2-1-8-18(17)19)22-13-16-7-3-5-15-6-4-10-21(22)23(15)16/h1-12,22H,13H2. The van der Waals surface area contributed by atoms with E-state index in [0.29, 0.717) is 5.92 Å². The first-order valence-electron chi connectivity index (χ1n) is 8.29. The van der Waals surface area contributed by atoms with Crippen molar-refractivity contribution in [3.05, 3.63) is 95.1 Å². The number of nitriles is 1. The smallest absolute Gasteiger partial charge is 0.0998 e. The Morgan fingerprint density at radius 3 is 2.38 bits per heavy atom. The van der Waals surface area contributed by atoms with E-state index in [0.717, 1.165) is 17.4 Å². The molecule has 4 aromatic carbocycles. The van der Waals surface area contributed by atoms with Gasteiger partial charge in [0.15, 0.2) is 0 Å². The van der Waals surface area contributed by atoms with Gasteiger partial charge in [-0.25, -0.2) is 0 Å². The first-order chi connectivity index (χ1) is 11.9. The van der Waals surface area contributed by atoms with Gasteiger partial charge in [0.05, 0.1) is 11.6 Å². The van der Waals surface area contributed by atoms with Crippen molar-refractivity contribution in [2.45, 2.75) is 12.3 Å². The topological polar surface area (TPSA) is 23.8 Å². The van der Waals surface area contributed by atoms with Crippen LogP contribution in [0.1, 0.15) is 28.2 Å². The molecule has 0 radical (unpaired) electrons. The van der Waals surface area contributed by atoms with Crippen molar-refractivity contribution in [2.24, 2.45) is 0 Å². The lowest BCUT2D eigenvalue weighted by molar-refractivity contribution is 0.856. The van der Waals surface area contributed by atoms with Crippen molar-refractivity contribution in [1.29, 1.82) is 5.26 Å². The largest absolute Gasteiger partial charge is 0.192 e. The number of benzene rings is 4. The van der Waals surface area contributed by atoms with E-state index in [1.165, 1.54) is 32.8 Å². The highest BCUT2D eigenvalue weighted by Gasteiger charge is 2.26. The van der Waals surface area contributed by atoms with Crippen LogP contribution in [0.3, 0.4) is 0 Å². The zero-order valence-electron chi connectivity index (χ0n) is 13.2. The summed E-state index contributed by atoms with van der Waals surface area (Å²) in [6.07, 6.45) is 1.03. The number of hydrogen-bond acceptors (Lipinski definition) is 1. The van der Waals surface area contributed by atoms with E-state index in [9.17, 15) is 5.26 Å². The van der Waals surface area contributed by atoms with Gasteiger partial charge in [-0.2, -0.15) is 5.26 Å². The third-order valence-corrected chi connectivity index (χ3v) is 5.28. The Morgan fingerprint density at radius 2 is 1.54 bits per heavy atom. The van der Waals surface area contributed by atoms with Crippen molar-refractivity contribution < 1.29 is 0 Å². The van der Waals surface area contributed by atoms with E-state index in [-0.39, 0.29) is 0 Å². The van der Waals surface area contributed by atoms with Gasteiger partial charge in [0.1, 0.15) is 0 Å². The number of rotatable bonds is 1. The van der Waals surface area contributed by atoms with Gasteiger partial charge in [-0.3, -0.25) is 0 Å². The molecule has 0 fully saturated rings. The summed E-state index contributed by atoms with van der Waals surface area (Å²) in [6, 6.07) is 27.9. The third kappa shape index (κ3) is 1.74. The summed E-state index contributed by atoms with van der Waals surface area (Å²) in [5.41, 5.74) is 4.93. The molecule has 0 bridgehead atoms. The second-order valence-corrected chi connectivity index (χ2v) is 6.48. The van der Waals surface area contributed by atoms with E-state index < -0.39 is 0 Å². The van der Waals surface area contributed by atoms with Crippen LogP contribution >= 0.6 is 0 Å². The number of nitrogens with zero attached hydrogens (tertiary/aromatic N) is 1. The van der Waals surface area contributed by atoms with Crippen LogP contribution in [0.15, 0.2) is 72.8 Å². The van der Waals surface area contributed by atoms with Crippen LogP contribution in [-0.2, 0) is 6.42 Å².